The summed E-state index contributed by atoms with van der Waals surface area (Å²) in [7, 11) is 3.66. The van der Waals surface area contributed by atoms with E-state index in [1.165, 1.54) is 11.1 Å². The number of benzene rings is 1. The second-order valence-corrected chi connectivity index (χ2v) is 5.01. The highest BCUT2D eigenvalue weighted by atomic mass is 16.2. The number of nitrogens with one attached hydrogen (secondary N) is 1. The third kappa shape index (κ3) is 3.04. The fraction of sp³-hybridized carbons (Fsp3) is 0.533. The van der Waals surface area contributed by atoms with E-state index in [1.807, 2.05) is 11.9 Å². The van der Waals surface area contributed by atoms with E-state index in [0.29, 0.717) is 12.6 Å². The van der Waals surface area contributed by atoms with Crippen LogP contribution in [0.25, 0.3) is 0 Å². The van der Waals surface area contributed by atoms with E-state index >= 15 is 0 Å². The van der Waals surface area contributed by atoms with Crippen molar-refractivity contribution >= 4 is 11.6 Å². The molecule has 1 aromatic carbocycles. The molecule has 108 valence electrons. The number of anilines is 1. The fourth-order valence-electron chi connectivity index (χ4n) is 2.72. The Balaban J connectivity index is 2.29. The molecule has 0 bridgehead atoms. The van der Waals surface area contributed by atoms with Crippen molar-refractivity contribution in [1.82, 2.24) is 5.32 Å². The maximum Gasteiger partial charge on any atom is 0.223 e. The van der Waals surface area contributed by atoms with E-state index in [9.17, 15) is 4.79 Å². The van der Waals surface area contributed by atoms with Gasteiger partial charge in [-0.1, -0.05) is 12.1 Å². The van der Waals surface area contributed by atoms with E-state index in [2.05, 4.69) is 33.7 Å². The van der Waals surface area contributed by atoms with Gasteiger partial charge in [0.15, 0.2) is 0 Å². The Kier molecular flexibility index (Phi) is 4.84. The zero-order valence-corrected chi connectivity index (χ0v) is 12.4. The molecule has 1 heterocycles. The Morgan fingerprint density at radius 2 is 2.30 bits per heavy atom. The third-order valence-electron chi connectivity index (χ3n) is 3.77. The number of carbonyl (C=O) groups is 1. The standard InChI is InChI=1S/C15H22N4O/c1-11(20)19-9-7-14(16-2)13-10-12(4-5-15(13)19)6-8-18-17-3/h4-5,10,14,16H,6-9H2,1-3H3. The molecule has 2 rings (SSSR count). The second-order valence-electron chi connectivity index (χ2n) is 5.01. The van der Waals surface area contributed by atoms with Crippen LogP contribution in [0.2, 0.25) is 0 Å². The van der Waals surface area contributed by atoms with Gasteiger partial charge < -0.3 is 10.2 Å². The maximum atomic E-state index is 11.7. The SMILES string of the molecule is CN=NCCc1ccc2c(c1)C(NC)CCN2C(C)=O. The monoisotopic (exact) mass is 274 g/mol. The third-order valence-corrected chi connectivity index (χ3v) is 3.77. The number of hydrogen-bond acceptors (Lipinski definition) is 4. The highest BCUT2D eigenvalue weighted by Crippen LogP contribution is 2.34. The van der Waals surface area contributed by atoms with E-state index in [0.717, 1.165) is 25.1 Å². The summed E-state index contributed by atoms with van der Waals surface area (Å²) in [6.45, 7) is 3.10. The molecule has 0 saturated heterocycles. The van der Waals surface area contributed by atoms with E-state index in [-0.39, 0.29) is 5.91 Å². The zero-order valence-electron chi connectivity index (χ0n) is 12.4. The minimum Gasteiger partial charge on any atom is -0.313 e. The molecule has 0 spiro atoms. The van der Waals surface area contributed by atoms with E-state index in [1.54, 1.807) is 14.0 Å². The molecular formula is C15H22N4O. The Hall–Kier alpha value is -1.75. The molecule has 1 aromatic rings. The lowest BCUT2D eigenvalue weighted by Crippen LogP contribution is -2.37. The van der Waals surface area contributed by atoms with Crippen molar-refractivity contribution in [2.24, 2.45) is 10.2 Å². The van der Waals surface area contributed by atoms with Crippen LogP contribution in [0.4, 0.5) is 5.69 Å². The Morgan fingerprint density at radius 1 is 1.50 bits per heavy atom. The van der Waals surface area contributed by atoms with Gasteiger partial charge in [0.25, 0.3) is 0 Å². The van der Waals surface area contributed by atoms with Crippen LogP contribution in [-0.2, 0) is 11.2 Å². The van der Waals surface area contributed by atoms with Gasteiger partial charge in [-0.15, -0.1) is 0 Å². The first-order valence-corrected chi connectivity index (χ1v) is 7.01. The molecule has 0 saturated carbocycles. The molecule has 0 fully saturated rings. The van der Waals surface area contributed by atoms with Gasteiger partial charge in [-0.05, 0) is 37.1 Å². The highest BCUT2D eigenvalue weighted by Gasteiger charge is 2.26. The minimum atomic E-state index is 0.105. The molecule has 1 unspecified atom stereocenters. The van der Waals surface area contributed by atoms with E-state index < -0.39 is 0 Å². The summed E-state index contributed by atoms with van der Waals surface area (Å²) in [6, 6.07) is 6.64. The largest absolute Gasteiger partial charge is 0.313 e. The molecule has 1 amide bonds. The first-order chi connectivity index (χ1) is 9.67. The molecule has 1 aliphatic heterocycles. The van der Waals surface area contributed by atoms with Crippen molar-refractivity contribution in [3.63, 3.8) is 0 Å². The predicted octanol–water partition coefficient (Wildman–Crippen LogP) is 2.33. The van der Waals surface area contributed by atoms with Gasteiger partial charge in [-0.2, -0.15) is 10.2 Å². The van der Waals surface area contributed by atoms with E-state index in [4.69, 9.17) is 0 Å². The molecule has 0 radical (unpaired) electrons. The Labute approximate surface area is 120 Å². The zero-order chi connectivity index (χ0) is 14.5. The van der Waals surface area contributed by atoms with Gasteiger partial charge >= 0.3 is 0 Å². The predicted molar refractivity (Wildman–Crippen MR) is 80.2 cm³/mol. The molecule has 0 aromatic heterocycles. The van der Waals surface area contributed by atoms with Crippen molar-refractivity contribution < 1.29 is 4.79 Å². The van der Waals surface area contributed by atoms with Crippen molar-refractivity contribution in [3.8, 4) is 0 Å². The van der Waals surface area contributed by atoms with Gasteiger partial charge in [0.2, 0.25) is 5.91 Å². The van der Waals surface area contributed by atoms with Gasteiger partial charge in [0, 0.05) is 32.2 Å². The lowest BCUT2D eigenvalue weighted by atomic mass is 9.94. The molecule has 20 heavy (non-hydrogen) atoms. The molecule has 5 nitrogen and oxygen atoms in total. The summed E-state index contributed by atoms with van der Waals surface area (Å²) in [4.78, 5) is 13.6. The van der Waals surface area contributed by atoms with Crippen LogP contribution in [-0.4, -0.2) is 33.1 Å². The minimum absolute atomic E-state index is 0.105. The number of amides is 1. The van der Waals surface area contributed by atoms with Gasteiger partial charge in [0.05, 0.1) is 6.54 Å². The normalized spacial score (nSPS) is 18.4. The average molecular weight is 274 g/mol. The van der Waals surface area contributed by atoms with Crippen LogP contribution in [0, 0.1) is 0 Å². The molecule has 1 aliphatic rings. The van der Waals surface area contributed by atoms with Crippen LogP contribution >= 0.6 is 0 Å². The molecular weight excluding hydrogens is 252 g/mol. The molecule has 1 N–H and O–H groups in total. The topological polar surface area (TPSA) is 57.1 Å². The van der Waals surface area contributed by atoms with Crippen LogP contribution in [0.3, 0.4) is 0 Å². The average Bonchev–Trinajstić information content (AvgIpc) is 2.46. The first-order valence-electron chi connectivity index (χ1n) is 7.01. The number of azo groups is 1. The smallest absolute Gasteiger partial charge is 0.223 e. The van der Waals surface area contributed by atoms with Crippen molar-refractivity contribution in [2.45, 2.75) is 25.8 Å². The molecule has 0 aliphatic carbocycles. The fourth-order valence-corrected chi connectivity index (χ4v) is 2.72. The second kappa shape index (κ2) is 6.61. The van der Waals surface area contributed by atoms with Gasteiger partial charge in [-0.3, -0.25) is 4.79 Å². The molecule has 5 heteroatoms. The quantitative estimate of drug-likeness (QED) is 0.857. The van der Waals surface area contributed by atoms with Crippen LogP contribution in [0.15, 0.2) is 28.4 Å². The lowest BCUT2D eigenvalue weighted by Gasteiger charge is -2.34. The van der Waals surface area contributed by atoms with Crippen LogP contribution in [0.5, 0.6) is 0 Å². The summed E-state index contributed by atoms with van der Waals surface area (Å²) in [5, 5.41) is 11.1. The Morgan fingerprint density at radius 3 is 2.95 bits per heavy atom. The van der Waals surface area contributed by atoms with Crippen LogP contribution in [0.1, 0.15) is 30.5 Å². The van der Waals surface area contributed by atoms with Crippen molar-refractivity contribution in [1.29, 1.82) is 0 Å². The van der Waals surface area contributed by atoms with Crippen LogP contribution < -0.4 is 10.2 Å². The van der Waals surface area contributed by atoms with Gasteiger partial charge in [0.1, 0.15) is 0 Å². The number of carbonyl (C=O) groups excluding carboxylic acids is 1. The summed E-state index contributed by atoms with van der Waals surface area (Å²) < 4.78 is 0. The summed E-state index contributed by atoms with van der Waals surface area (Å²) in [6.07, 6.45) is 1.82. The number of hydrogen-bond donors (Lipinski definition) is 1. The van der Waals surface area contributed by atoms with Gasteiger partial charge in [-0.25, -0.2) is 0 Å². The number of fused-ring (bicyclic) bond motifs is 1. The molecule has 1 atom stereocenters. The maximum absolute atomic E-state index is 11.7. The summed E-state index contributed by atoms with van der Waals surface area (Å²) in [5.74, 6) is 0.105. The van der Waals surface area contributed by atoms with Crippen molar-refractivity contribution in [3.05, 3.63) is 29.3 Å². The number of nitrogens with zero attached hydrogens (tertiary/aromatic N) is 3. The first kappa shape index (κ1) is 14.7. The Bertz CT molecular complexity index is 513. The summed E-state index contributed by atoms with van der Waals surface area (Å²) in [5.41, 5.74) is 3.48. The number of rotatable bonds is 4. The summed E-state index contributed by atoms with van der Waals surface area (Å²) >= 11 is 0. The highest BCUT2D eigenvalue weighted by molar-refractivity contribution is 5.93. The van der Waals surface area contributed by atoms with Crippen molar-refractivity contribution in [2.75, 3.05) is 32.1 Å². The lowest BCUT2D eigenvalue weighted by molar-refractivity contribution is -0.116.